The van der Waals surface area contributed by atoms with Crippen LogP contribution in [0.4, 0.5) is 0 Å². The Morgan fingerprint density at radius 1 is 1.69 bits per heavy atom. The first-order chi connectivity index (χ1) is 6.22. The first-order valence-electron chi connectivity index (χ1n) is 3.91. The van der Waals surface area contributed by atoms with E-state index in [1.165, 1.54) is 23.9 Å². The van der Waals surface area contributed by atoms with Crippen molar-refractivity contribution in [2.75, 3.05) is 7.11 Å². The van der Waals surface area contributed by atoms with Crippen LogP contribution in [0, 0.1) is 11.3 Å². The number of aromatic nitrogens is 1. The molecule has 0 aliphatic carbocycles. The van der Waals surface area contributed by atoms with Gasteiger partial charge in [0.05, 0.1) is 12.7 Å². The van der Waals surface area contributed by atoms with Crippen LogP contribution in [0.1, 0.15) is 12.5 Å². The van der Waals surface area contributed by atoms with Crippen LogP contribution in [0.3, 0.4) is 0 Å². The molecule has 0 saturated heterocycles. The maximum atomic E-state index is 11.4. The van der Waals surface area contributed by atoms with Crippen molar-refractivity contribution < 1.29 is 4.74 Å². The maximum absolute atomic E-state index is 11.4. The molecule has 0 aromatic carbocycles. The Labute approximate surface area is 76.0 Å². The Morgan fingerprint density at radius 3 is 2.85 bits per heavy atom. The quantitative estimate of drug-likeness (QED) is 0.671. The molecule has 1 heterocycles. The van der Waals surface area contributed by atoms with Crippen molar-refractivity contribution >= 4 is 0 Å². The molecule has 4 heteroatoms. The van der Waals surface area contributed by atoms with Crippen molar-refractivity contribution in [3.63, 3.8) is 0 Å². The Hall–Kier alpha value is -1.76. The largest absolute Gasteiger partial charge is 0.491 e. The maximum Gasteiger partial charge on any atom is 0.292 e. The summed E-state index contributed by atoms with van der Waals surface area (Å²) in [6, 6.07) is 3.40. The fourth-order valence-corrected chi connectivity index (χ4v) is 1.05. The van der Waals surface area contributed by atoms with Gasteiger partial charge in [0.25, 0.3) is 5.56 Å². The number of nitriles is 1. The highest BCUT2D eigenvalue weighted by atomic mass is 16.5. The average molecular weight is 178 g/mol. The van der Waals surface area contributed by atoms with Crippen molar-refractivity contribution in [1.29, 1.82) is 5.26 Å². The molecule has 1 aromatic heterocycles. The van der Waals surface area contributed by atoms with Gasteiger partial charge in [-0.2, -0.15) is 5.26 Å². The molecule has 68 valence electrons. The molecule has 1 rings (SSSR count). The molecule has 13 heavy (non-hydrogen) atoms. The summed E-state index contributed by atoms with van der Waals surface area (Å²) >= 11 is 0. The molecule has 0 spiro atoms. The molecule has 4 nitrogen and oxygen atoms in total. The molecule has 0 aliphatic heterocycles. The SMILES string of the molecule is CCn1cc(C#N)cc(OC)c1=O. The third-order valence-electron chi connectivity index (χ3n) is 1.74. The van der Waals surface area contributed by atoms with Crippen LogP contribution in [0.5, 0.6) is 5.75 Å². The van der Waals surface area contributed by atoms with Crippen LogP contribution in [-0.2, 0) is 6.54 Å². The number of aryl methyl sites for hydroxylation is 1. The molecule has 1 aromatic rings. The fraction of sp³-hybridized carbons (Fsp3) is 0.333. The van der Waals surface area contributed by atoms with E-state index >= 15 is 0 Å². The van der Waals surface area contributed by atoms with E-state index in [1.54, 1.807) is 0 Å². The first-order valence-corrected chi connectivity index (χ1v) is 3.91. The summed E-state index contributed by atoms with van der Waals surface area (Å²) in [6.07, 6.45) is 1.52. The summed E-state index contributed by atoms with van der Waals surface area (Å²) in [5.74, 6) is 0.209. The molecular formula is C9H10N2O2. The van der Waals surface area contributed by atoms with Crippen LogP contribution >= 0.6 is 0 Å². The minimum absolute atomic E-state index is 0.205. The van der Waals surface area contributed by atoms with Gasteiger partial charge in [0.1, 0.15) is 6.07 Å². The Balaban J connectivity index is 3.40. The molecule has 0 N–H and O–H groups in total. The Bertz CT molecular complexity index is 373. The number of methoxy groups -OCH3 is 1. The highest BCUT2D eigenvalue weighted by molar-refractivity contribution is 5.33. The highest BCUT2D eigenvalue weighted by Crippen LogP contribution is 2.05. The van der Waals surface area contributed by atoms with Crippen LogP contribution in [-0.4, -0.2) is 11.7 Å². The Kier molecular flexibility index (Phi) is 2.70. The van der Waals surface area contributed by atoms with E-state index in [-0.39, 0.29) is 11.3 Å². The second kappa shape index (κ2) is 3.76. The average Bonchev–Trinajstić information content (AvgIpc) is 2.18. The zero-order chi connectivity index (χ0) is 9.84. The van der Waals surface area contributed by atoms with Gasteiger partial charge < -0.3 is 9.30 Å². The zero-order valence-corrected chi connectivity index (χ0v) is 7.57. The molecule has 0 amide bonds. The lowest BCUT2D eigenvalue weighted by atomic mass is 10.3. The number of hydrogen-bond acceptors (Lipinski definition) is 3. The van der Waals surface area contributed by atoms with Gasteiger partial charge in [0.2, 0.25) is 0 Å². The summed E-state index contributed by atoms with van der Waals surface area (Å²) in [6.45, 7) is 2.37. The van der Waals surface area contributed by atoms with Crippen LogP contribution < -0.4 is 10.3 Å². The van der Waals surface area contributed by atoms with Gasteiger partial charge in [-0.25, -0.2) is 0 Å². The van der Waals surface area contributed by atoms with Gasteiger partial charge in [-0.05, 0) is 6.92 Å². The molecule has 0 saturated carbocycles. The van der Waals surface area contributed by atoms with Gasteiger partial charge in [-0.3, -0.25) is 4.79 Å². The second-order valence-corrected chi connectivity index (χ2v) is 2.50. The summed E-state index contributed by atoms with van der Waals surface area (Å²) in [5.41, 5.74) is 0.224. The standard InChI is InChI=1S/C9H10N2O2/c1-3-11-6-7(5-10)4-8(13-2)9(11)12/h4,6H,3H2,1-2H3. The minimum Gasteiger partial charge on any atom is -0.491 e. The predicted molar refractivity (Wildman–Crippen MR) is 47.6 cm³/mol. The number of rotatable bonds is 2. The molecule has 0 unspecified atom stereocenters. The van der Waals surface area contributed by atoms with Gasteiger partial charge in [-0.15, -0.1) is 0 Å². The molecule has 0 radical (unpaired) electrons. The highest BCUT2D eigenvalue weighted by Gasteiger charge is 2.04. The topological polar surface area (TPSA) is 55.0 Å². The van der Waals surface area contributed by atoms with Crippen molar-refractivity contribution in [1.82, 2.24) is 4.57 Å². The van der Waals surface area contributed by atoms with Crippen LogP contribution in [0.25, 0.3) is 0 Å². The third kappa shape index (κ3) is 1.70. The van der Waals surface area contributed by atoms with Crippen LogP contribution in [0.2, 0.25) is 0 Å². The van der Waals surface area contributed by atoms with Crippen molar-refractivity contribution in [3.05, 3.63) is 28.2 Å². The van der Waals surface area contributed by atoms with Gasteiger partial charge in [0, 0.05) is 18.8 Å². The molecule has 0 bridgehead atoms. The molecule has 0 aliphatic rings. The van der Waals surface area contributed by atoms with Crippen molar-refractivity contribution in [2.45, 2.75) is 13.5 Å². The number of pyridine rings is 1. The summed E-state index contributed by atoms with van der Waals surface area (Å²) in [5, 5.41) is 8.65. The van der Waals surface area contributed by atoms with Crippen molar-refractivity contribution in [3.8, 4) is 11.8 Å². The summed E-state index contributed by atoms with van der Waals surface area (Å²) in [7, 11) is 1.41. The minimum atomic E-state index is -0.205. The van der Waals surface area contributed by atoms with Crippen LogP contribution in [0.15, 0.2) is 17.1 Å². The number of ether oxygens (including phenoxy) is 1. The fourth-order valence-electron chi connectivity index (χ4n) is 1.05. The third-order valence-corrected chi connectivity index (χ3v) is 1.74. The molecular weight excluding hydrogens is 168 g/mol. The molecule has 0 atom stereocenters. The summed E-state index contributed by atoms with van der Waals surface area (Å²) in [4.78, 5) is 11.4. The van der Waals surface area contributed by atoms with E-state index in [1.807, 2.05) is 13.0 Å². The normalized spacial score (nSPS) is 9.31. The van der Waals surface area contributed by atoms with Gasteiger partial charge >= 0.3 is 0 Å². The lowest BCUT2D eigenvalue weighted by molar-refractivity contribution is 0.403. The predicted octanol–water partition coefficient (Wildman–Crippen LogP) is 0.748. The Morgan fingerprint density at radius 2 is 2.38 bits per heavy atom. The number of nitrogens with zero attached hydrogens (tertiary/aromatic N) is 2. The smallest absolute Gasteiger partial charge is 0.292 e. The molecule has 0 fully saturated rings. The zero-order valence-electron chi connectivity index (χ0n) is 7.57. The lowest BCUT2D eigenvalue weighted by Gasteiger charge is -2.04. The number of hydrogen-bond donors (Lipinski definition) is 0. The van der Waals surface area contributed by atoms with E-state index < -0.39 is 0 Å². The van der Waals surface area contributed by atoms with Gasteiger partial charge in [-0.1, -0.05) is 0 Å². The van der Waals surface area contributed by atoms with E-state index in [4.69, 9.17) is 10.00 Å². The summed E-state index contributed by atoms with van der Waals surface area (Å²) < 4.78 is 6.29. The lowest BCUT2D eigenvalue weighted by Crippen LogP contribution is -2.20. The van der Waals surface area contributed by atoms with E-state index in [2.05, 4.69) is 0 Å². The second-order valence-electron chi connectivity index (χ2n) is 2.50. The van der Waals surface area contributed by atoms with Crippen molar-refractivity contribution in [2.24, 2.45) is 0 Å². The van der Waals surface area contributed by atoms with E-state index in [0.29, 0.717) is 12.1 Å². The van der Waals surface area contributed by atoms with Gasteiger partial charge in [0.15, 0.2) is 5.75 Å². The first kappa shape index (κ1) is 9.33. The van der Waals surface area contributed by atoms with E-state index in [0.717, 1.165) is 0 Å². The van der Waals surface area contributed by atoms with E-state index in [9.17, 15) is 4.79 Å². The monoisotopic (exact) mass is 178 g/mol.